The van der Waals surface area contributed by atoms with Crippen LogP contribution in [0, 0.1) is 5.92 Å². The first kappa shape index (κ1) is 16.3. The van der Waals surface area contributed by atoms with E-state index in [-0.39, 0.29) is 24.0 Å². The van der Waals surface area contributed by atoms with Crippen LogP contribution < -0.4 is 5.32 Å². The van der Waals surface area contributed by atoms with E-state index in [0.29, 0.717) is 5.56 Å². The van der Waals surface area contributed by atoms with E-state index in [2.05, 4.69) is 5.32 Å². The van der Waals surface area contributed by atoms with Crippen molar-refractivity contribution in [2.45, 2.75) is 26.0 Å². The van der Waals surface area contributed by atoms with Gasteiger partial charge in [-0.3, -0.25) is 4.79 Å². The van der Waals surface area contributed by atoms with E-state index < -0.39 is 18.1 Å². The van der Waals surface area contributed by atoms with Crippen molar-refractivity contribution in [1.82, 2.24) is 5.32 Å². The molecule has 0 heterocycles. The fourth-order valence-electron chi connectivity index (χ4n) is 1.66. The summed E-state index contributed by atoms with van der Waals surface area (Å²) in [6.07, 6.45) is -1.19. The fourth-order valence-corrected chi connectivity index (χ4v) is 1.66. The van der Waals surface area contributed by atoms with Crippen LogP contribution in [0.2, 0.25) is 0 Å². The van der Waals surface area contributed by atoms with E-state index in [1.165, 1.54) is 25.2 Å². The summed E-state index contributed by atoms with van der Waals surface area (Å²) in [5, 5.41) is 31.5. The third-order valence-corrected chi connectivity index (χ3v) is 2.78. The molecule has 0 spiro atoms. The average molecular weight is 283 g/mol. The Kier molecular flexibility index (Phi) is 5.79. The maximum Gasteiger partial charge on any atom is 0.326 e. The number of hydrogen-bond acceptors (Lipinski definition) is 6. The number of esters is 1. The lowest BCUT2D eigenvalue weighted by molar-refractivity contribution is -0.150. The van der Waals surface area contributed by atoms with Gasteiger partial charge < -0.3 is 25.4 Å². The molecular weight excluding hydrogens is 262 g/mol. The number of benzene rings is 1. The molecule has 0 aliphatic rings. The number of ether oxygens (including phenoxy) is 1. The SMILES string of the molecule is CN[C@H](C(=O)OCC(C)C)C(O)c1ccc(O)c(O)c1. The van der Waals surface area contributed by atoms with Crippen LogP contribution in [0.15, 0.2) is 18.2 Å². The molecule has 0 aliphatic heterocycles. The predicted molar refractivity (Wildman–Crippen MR) is 73.4 cm³/mol. The van der Waals surface area contributed by atoms with Crippen LogP contribution >= 0.6 is 0 Å². The van der Waals surface area contributed by atoms with Crippen molar-refractivity contribution < 1.29 is 24.9 Å². The second-order valence-electron chi connectivity index (χ2n) is 4.98. The quantitative estimate of drug-likeness (QED) is 0.458. The number of aromatic hydroxyl groups is 2. The molecule has 112 valence electrons. The van der Waals surface area contributed by atoms with Crippen LogP contribution in [0.4, 0.5) is 0 Å². The molecule has 1 rings (SSSR count). The van der Waals surface area contributed by atoms with Crippen molar-refractivity contribution in [3.05, 3.63) is 23.8 Å². The highest BCUT2D eigenvalue weighted by Crippen LogP contribution is 2.29. The van der Waals surface area contributed by atoms with Gasteiger partial charge in [-0.25, -0.2) is 0 Å². The minimum absolute atomic E-state index is 0.200. The summed E-state index contributed by atoms with van der Waals surface area (Å²) < 4.78 is 5.08. The summed E-state index contributed by atoms with van der Waals surface area (Å²) in [5.41, 5.74) is 0.307. The van der Waals surface area contributed by atoms with Gasteiger partial charge in [0, 0.05) is 0 Å². The summed E-state index contributed by atoms with van der Waals surface area (Å²) in [6, 6.07) is 2.94. The predicted octanol–water partition coefficient (Wildman–Crippen LogP) is 0.918. The lowest BCUT2D eigenvalue weighted by atomic mass is 10.0. The Morgan fingerprint density at radius 1 is 1.30 bits per heavy atom. The number of likely N-dealkylation sites (N-methyl/N-ethyl adjacent to an activating group) is 1. The highest BCUT2D eigenvalue weighted by molar-refractivity contribution is 5.77. The summed E-state index contributed by atoms with van der Waals surface area (Å²) in [5.74, 6) is -1.01. The molecule has 0 fully saturated rings. The van der Waals surface area contributed by atoms with Gasteiger partial charge in [-0.2, -0.15) is 0 Å². The van der Waals surface area contributed by atoms with Crippen molar-refractivity contribution in [2.24, 2.45) is 5.92 Å². The number of phenolic OH excluding ortho intramolecular Hbond substituents is 2. The molecule has 4 N–H and O–H groups in total. The second-order valence-corrected chi connectivity index (χ2v) is 4.98. The van der Waals surface area contributed by atoms with Gasteiger partial charge in [0.2, 0.25) is 0 Å². The maximum atomic E-state index is 11.9. The molecule has 2 atom stereocenters. The number of aliphatic hydroxyl groups is 1. The molecule has 6 nitrogen and oxygen atoms in total. The molecule has 0 radical (unpaired) electrons. The summed E-state index contributed by atoms with van der Waals surface area (Å²) in [6.45, 7) is 4.09. The molecular formula is C14H21NO5. The summed E-state index contributed by atoms with van der Waals surface area (Å²) >= 11 is 0. The number of hydrogen-bond donors (Lipinski definition) is 4. The number of carbonyl (C=O) groups excluding carboxylic acids is 1. The Bertz CT molecular complexity index is 461. The second kappa shape index (κ2) is 7.12. The molecule has 1 aromatic carbocycles. The third-order valence-electron chi connectivity index (χ3n) is 2.78. The third kappa shape index (κ3) is 4.11. The molecule has 0 aromatic heterocycles. The van der Waals surface area contributed by atoms with E-state index in [1.54, 1.807) is 0 Å². The van der Waals surface area contributed by atoms with Crippen molar-refractivity contribution in [3.8, 4) is 11.5 Å². The molecule has 0 bridgehead atoms. The smallest absolute Gasteiger partial charge is 0.326 e. The Balaban J connectivity index is 2.82. The number of aliphatic hydroxyl groups excluding tert-OH is 1. The lowest BCUT2D eigenvalue weighted by Gasteiger charge is -2.22. The highest BCUT2D eigenvalue weighted by atomic mass is 16.5. The zero-order valence-corrected chi connectivity index (χ0v) is 11.8. The van der Waals surface area contributed by atoms with Crippen LogP contribution in [0.1, 0.15) is 25.5 Å². The van der Waals surface area contributed by atoms with Gasteiger partial charge >= 0.3 is 5.97 Å². The summed E-state index contributed by atoms with van der Waals surface area (Å²) in [4.78, 5) is 11.9. The lowest BCUT2D eigenvalue weighted by Crippen LogP contribution is -2.41. The van der Waals surface area contributed by atoms with E-state index in [0.717, 1.165) is 0 Å². The van der Waals surface area contributed by atoms with Gasteiger partial charge in [-0.15, -0.1) is 0 Å². The minimum Gasteiger partial charge on any atom is -0.504 e. The van der Waals surface area contributed by atoms with Crippen molar-refractivity contribution >= 4 is 5.97 Å². The first-order valence-electron chi connectivity index (χ1n) is 6.40. The number of phenols is 2. The van der Waals surface area contributed by atoms with E-state index in [9.17, 15) is 20.1 Å². The first-order chi connectivity index (χ1) is 9.36. The molecule has 1 aromatic rings. The largest absolute Gasteiger partial charge is 0.504 e. The molecule has 1 unspecified atom stereocenters. The van der Waals surface area contributed by atoms with Gasteiger partial charge in [0.1, 0.15) is 12.1 Å². The van der Waals surface area contributed by atoms with Gasteiger partial charge in [-0.1, -0.05) is 19.9 Å². The number of rotatable bonds is 6. The van der Waals surface area contributed by atoms with Crippen LogP contribution in [-0.2, 0) is 9.53 Å². The normalized spacial score (nSPS) is 14.1. The van der Waals surface area contributed by atoms with Crippen LogP contribution in [0.5, 0.6) is 11.5 Å². The Morgan fingerprint density at radius 3 is 2.45 bits per heavy atom. The highest BCUT2D eigenvalue weighted by Gasteiger charge is 2.28. The molecule has 0 saturated heterocycles. The van der Waals surface area contributed by atoms with Crippen molar-refractivity contribution in [1.29, 1.82) is 0 Å². The van der Waals surface area contributed by atoms with Gasteiger partial charge in [0.25, 0.3) is 0 Å². The first-order valence-corrected chi connectivity index (χ1v) is 6.40. The standard InChI is InChI=1S/C14H21NO5/c1-8(2)7-20-14(19)12(15-3)13(18)9-4-5-10(16)11(17)6-9/h4-6,8,12-13,15-18H,7H2,1-3H3/t12-,13?/m0/s1. The van der Waals surface area contributed by atoms with Crippen molar-refractivity contribution in [2.75, 3.05) is 13.7 Å². The average Bonchev–Trinajstić information content (AvgIpc) is 2.40. The number of nitrogens with one attached hydrogen (secondary N) is 1. The minimum atomic E-state index is -1.19. The van der Waals surface area contributed by atoms with E-state index >= 15 is 0 Å². The zero-order chi connectivity index (χ0) is 15.3. The Morgan fingerprint density at radius 2 is 1.95 bits per heavy atom. The van der Waals surface area contributed by atoms with E-state index in [1.807, 2.05) is 13.8 Å². The van der Waals surface area contributed by atoms with E-state index in [4.69, 9.17) is 4.74 Å². The topological polar surface area (TPSA) is 99.0 Å². The summed E-state index contributed by atoms with van der Waals surface area (Å²) in [7, 11) is 1.53. The van der Waals surface area contributed by atoms with Crippen LogP contribution in [-0.4, -0.2) is 41.0 Å². The maximum absolute atomic E-state index is 11.9. The van der Waals surface area contributed by atoms with Gasteiger partial charge in [0.15, 0.2) is 11.5 Å². The Labute approximate surface area is 118 Å². The molecule has 6 heteroatoms. The van der Waals surface area contributed by atoms with Gasteiger partial charge in [-0.05, 0) is 30.7 Å². The Hall–Kier alpha value is -1.79. The van der Waals surface area contributed by atoms with Crippen LogP contribution in [0.25, 0.3) is 0 Å². The fraction of sp³-hybridized carbons (Fsp3) is 0.500. The molecule has 0 saturated carbocycles. The number of carbonyl (C=O) groups is 1. The molecule has 0 aliphatic carbocycles. The monoisotopic (exact) mass is 283 g/mol. The van der Waals surface area contributed by atoms with Gasteiger partial charge in [0.05, 0.1) is 6.61 Å². The van der Waals surface area contributed by atoms with Crippen molar-refractivity contribution in [3.63, 3.8) is 0 Å². The molecule has 20 heavy (non-hydrogen) atoms. The molecule has 0 amide bonds. The zero-order valence-electron chi connectivity index (χ0n) is 11.8. The van der Waals surface area contributed by atoms with Crippen LogP contribution in [0.3, 0.4) is 0 Å².